The van der Waals surface area contributed by atoms with Gasteiger partial charge in [0, 0.05) is 22.7 Å². The Morgan fingerprint density at radius 3 is 2.86 bits per heavy atom. The molecule has 1 aromatic carbocycles. The van der Waals surface area contributed by atoms with Crippen LogP contribution in [-0.2, 0) is 16.1 Å². The molecule has 0 saturated carbocycles. The Bertz CT molecular complexity index is 1080. The highest BCUT2D eigenvalue weighted by Gasteiger charge is 2.28. The number of methoxy groups -OCH3 is 1. The molecule has 8 heteroatoms. The SMILES string of the molecule is COC(=O)CC[C@@H]1N=C(c2ccccn2)c2cc(Br)ccc2-n2c(CO)cnc21. The number of aliphatic imine (C=N–C) groups is 1. The number of nitrogens with zero attached hydrogens (tertiary/aromatic N) is 4. The van der Waals surface area contributed by atoms with E-state index in [1.54, 1.807) is 12.4 Å². The van der Waals surface area contributed by atoms with E-state index in [1.165, 1.54) is 7.11 Å². The molecule has 0 aliphatic carbocycles. The van der Waals surface area contributed by atoms with E-state index in [0.29, 0.717) is 23.7 Å². The molecule has 0 saturated heterocycles. The van der Waals surface area contributed by atoms with E-state index >= 15 is 0 Å². The second-order valence-corrected chi connectivity index (χ2v) is 7.50. The van der Waals surface area contributed by atoms with Crippen LogP contribution in [0.4, 0.5) is 0 Å². The number of carbonyl (C=O) groups is 1. The van der Waals surface area contributed by atoms with Gasteiger partial charge in [0.2, 0.25) is 0 Å². The van der Waals surface area contributed by atoms with E-state index in [1.807, 2.05) is 41.0 Å². The first kappa shape index (κ1) is 19.5. The molecular weight excluding hydrogens is 436 g/mol. The van der Waals surface area contributed by atoms with Crippen LogP contribution in [0.2, 0.25) is 0 Å². The normalized spacial score (nSPS) is 15.1. The highest BCUT2D eigenvalue weighted by Crippen LogP contribution is 2.34. The van der Waals surface area contributed by atoms with Crippen LogP contribution in [0.25, 0.3) is 5.69 Å². The van der Waals surface area contributed by atoms with Crippen molar-refractivity contribution in [2.45, 2.75) is 25.5 Å². The third-order valence-electron chi connectivity index (χ3n) is 4.82. The average molecular weight is 455 g/mol. The van der Waals surface area contributed by atoms with Gasteiger partial charge in [-0.25, -0.2) is 4.98 Å². The van der Waals surface area contributed by atoms with Crippen LogP contribution < -0.4 is 0 Å². The lowest BCUT2D eigenvalue weighted by Crippen LogP contribution is -2.10. The number of fused-ring (bicyclic) bond motifs is 3. The van der Waals surface area contributed by atoms with Crippen molar-refractivity contribution in [2.75, 3.05) is 7.11 Å². The lowest BCUT2D eigenvalue weighted by molar-refractivity contribution is -0.140. The summed E-state index contributed by atoms with van der Waals surface area (Å²) in [5, 5.41) is 9.89. The number of aliphatic hydroxyl groups is 1. The summed E-state index contributed by atoms with van der Waals surface area (Å²) in [5.41, 5.74) is 3.82. The molecule has 1 aliphatic rings. The van der Waals surface area contributed by atoms with Crippen LogP contribution in [0.5, 0.6) is 0 Å². The van der Waals surface area contributed by atoms with Crippen LogP contribution in [0.15, 0.2) is 58.3 Å². The fourth-order valence-electron chi connectivity index (χ4n) is 3.46. The van der Waals surface area contributed by atoms with E-state index in [-0.39, 0.29) is 19.0 Å². The summed E-state index contributed by atoms with van der Waals surface area (Å²) < 4.78 is 7.63. The summed E-state index contributed by atoms with van der Waals surface area (Å²) >= 11 is 3.55. The highest BCUT2D eigenvalue weighted by molar-refractivity contribution is 9.10. The predicted octanol–water partition coefficient (Wildman–Crippen LogP) is 3.37. The fraction of sp³-hybridized carbons (Fsp3) is 0.238. The van der Waals surface area contributed by atoms with E-state index in [4.69, 9.17) is 9.73 Å². The molecule has 0 spiro atoms. The van der Waals surface area contributed by atoms with Crippen LogP contribution in [0.1, 0.15) is 41.7 Å². The molecule has 3 aromatic rings. The maximum absolute atomic E-state index is 11.8. The van der Waals surface area contributed by atoms with Gasteiger partial charge in [-0.2, -0.15) is 0 Å². The van der Waals surface area contributed by atoms with Crippen molar-refractivity contribution in [3.8, 4) is 5.69 Å². The molecule has 3 heterocycles. The molecule has 148 valence electrons. The molecule has 0 amide bonds. The molecule has 1 N–H and O–H groups in total. The Kier molecular flexibility index (Phi) is 5.55. The lowest BCUT2D eigenvalue weighted by atomic mass is 10.0. The van der Waals surface area contributed by atoms with E-state index in [9.17, 15) is 9.90 Å². The van der Waals surface area contributed by atoms with Gasteiger partial charge in [0.05, 0.1) is 42.7 Å². The minimum atomic E-state index is -0.391. The maximum atomic E-state index is 11.8. The molecular formula is C21H19BrN4O3. The number of carbonyl (C=O) groups excluding carboxylic acids is 1. The van der Waals surface area contributed by atoms with Gasteiger partial charge in [0.25, 0.3) is 0 Å². The third-order valence-corrected chi connectivity index (χ3v) is 5.31. The van der Waals surface area contributed by atoms with Crippen LogP contribution >= 0.6 is 15.9 Å². The zero-order valence-electron chi connectivity index (χ0n) is 15.7. The zero-order chi connectivity index (χ0) is 20.4. The lowest BCUT2D eigenvalue weighted by Gasteiger charge is -2.14. The first-order valence-electron chi connectivity index (χ1n) is 9.16. The number of imidazole rings is 1. The van der Waals surface area contributed by atoms with Gasteiger partial charge in [0.15, 0.2) is 0 Å². The van der Waals surface area contributed by atoms with Gasteiger partial charge >= 0.3 is 5.97 Å². The molecule has 7 nitrogen and oxygen atoms in total. The summed E-state index contributed by atoms with van der Waals surface area (Å²) in [7, 11) is 1.37. The summed E-state index contributed by atoms with van der Waals surface area (Å²) in [4.78, 5) is 25.8. The number of aliphatic hydroxyl groups excluding tert-OH is 1. The summed E-state index contributed by atoms with van der Waals surface area (Å²) in [5.74, 6) is 0.372. The Balaban J connectivity index is 1.94. The molecule has 29 heavy (non-hydrogen) atoms. The Labute approximate surface area is 176 Å². The second-order valence-electron chi connectivity index (χ2n) is 6.59. The molecule has 0 bridgehead atoms. The first-order chi connectivity index (χ1) is 14.1. The van der Waals surface area contributed by atoms with E-state index < -0.39 is 6.04 Å². The van der Waals surface area contributed by atoms with Crippen LogP contribution in [0, 0.1) is 0 Å². The average Bonchev–Trinajstić information content (AvgIpc) is 3.12. The van der Waals surface area contributed by atoms with Gasteiger partial charge in [-0.05, 0) is 36.8 Å². The van der Waals surface area contributed by atoms with Crippen molar-refractivity contribution in [3.63, 3.8) is 0 Å². The number of halogens is 1. The van der Waals surface area contributed by atoms with Gasteiger partial charge in [-0.3, -0.25) is 19.3 Å². The third kappa shape index (κ3) is 3.73. The number of ether oxygens (including phenoxy) is 1. The van der Waals surface area contributed by atoms with Crippen molar-refractivity contribution >= 4 is 27.6 Å². The van der Waals surface area contributed by atoms with Gasteiger partial charge < -0.3 is 9.84 Å². The Morgan fingerprint density at radius 1 is 1.28 bits per heavy atom. The first-order valence-corrected chi connectivity index (χ1v) is 9.95. The van der Waals surface area contributed by atoms with Crippen molar-refractivity contribution < 1.29 is 14.6 Å². The maximum Gasteiger partial charge on any atom is 0.305 e. The largest absolute Gasteiger partial charge is 0.469 e. The van der Waals surface area contributed by atoms with E-state index in [0.717, 1.165) is 21.4 Å². The van der Waals surface area contributed by atoms with Crippen molar-refractivity contribution in [3.05, 3.63) is 76.0 Å². The van der Waals surface area contributed by atoms with Crippen LogP contribution in [-0.4, -0.2) is 38.4 Å². The summed E-state index contributed by atoms with van der Waals surface area (Å²) in [6.45, 7) is -0.162. The van der Waals surface area contributed by atoms with Gasteiger partial charge in [-0.15, -0.1) is 0 Å². The highest BCUT2D eigenvalue weighted by atomic mass is 79.9. The number of esters is 1. The number of rotatable bonds is 5. The monoisotopic (exact) mass is 454 g/mol. The van der Waals surface area contributed by atoms with E-state index in [2.05, 4.69) is 25.9 Å². The molecule has 2 aromatic heterocycles. The van der Waals surface area contributed by atoms with Gasteiger partial charge in [0.1, 0.15) is 11.9 Å². The Hall–Kier alpha value is -2.84. The number of pyridine rings is 1. The fourth-order valence-corrected chi connectivity index (χ4v) is 3.82. The molecule has 0 radical (unpaired) electrons. The standard InChI is InChI=1S/C21H19BrN4O3/c1-29-19(28)8-6-17-21-24-11-14(12-27)26(21)18-7-5-13(22)10-15(18)20(25-17)16-4-2-3-9-23-16/h2-5,7,9-11,17,27H,6,8,12H2,1H3/t17-/m0/s1. The molecule has 0 unspecified atom stereocenters. The zero-order valence-corrected chi connectivity index (χ0v) is 17.3. The number of hydrogen-bond acceptors (Lipinski definition) is 6. The number of benzene rings is 1. The molecule has 0 fully saturated rings. The summed E-state index contributed by atoms with van der Waals surface area (Å²) in [6.07, 6.45) is 4.01. The Morgan fingerprint density at radius 2 is 2.14 bits per heavy atom. The van der Waals surface area contributed by atoms with Crippen molar-refractivity contribution in [2.24, 2.45) is 4.99 Å². The predicted molar refractivity (Wildman–Crippen MR) is 111 cm³/mol. The topological polar surface area (TPSA) is 89.6 Å². The second kappa shape index (κ2) is 8.26. The smallest absolute Gasteiger partial charge is 0.305 e. The van der Waals surface area contributed by atoms with Crippen molar-refractivity contribution in [1.29, 1.82) is 0 Å². The van der Waals surface area contributed by atoms with Crippen molar-refractivity contribution in [1.82, 2.24) is 14.5 Å². The molecule has 1 aliphatic heterocycles. The minimum Gasteiger partial charge on any atom is -0.469 e. The number of aromatic nitrogens is 3. The quantitative estimate of drug-likeness (QED) is 0.596. The minimum absolute atomic E-state index is 0.162. The van der Waals surface area contributed by atoms with Crippen LogP contribution in [0.3, 0.4) is 0 Å². The number of hydrogen-bond donors (Lipinski definition) is 1. The molecule has 4 rings (SSSR count). The molecule has 1 atom stereocenters. The van der Waals surface area contributed by atoms with Gasteiger partial charge in [-0.1, -0.05) is 22.0 Å². The summed E-state index contributed by atoms with van der Waals surface area (Å²) in [6, 6.07) is 11.2.